The molecule has 1 N–H and O–H groups in total. The average molecular weight is 248 g/mol. The molecule has 0 saturated carbocycles. The first-order chi connectivity index (χ1) is 8.63. The van der Waals surface area contributed by atoms with Gasteiger partial charge in [-0.2, -0.15) is 0 Å². The van der Waals surface area contributed by atoms with E-state index in [0.29, 0.717) is 17.0 Å². The van der Waals surface area contributed by atoms with Gasteiger partial charge in [0.15, 0.2) is 0 Å². The molecule has 0 amide bonds. The molecule has 0 aliphatic rings. The van der Waals surface area contributed by atoms with Crippen LogP contribution in [0.2, 0.25) is 0 Å². The highest BCUT2D eigenvalue weighted by molar-refractivity contribution is 5.28. The molecular weight excluding hydrogens is 231 g/mol. The van der Waals surface area contributed by atoms with Gasteiger partial charge in [0.1, 0.15) is 17.7 Å². The molecule has 0 spiro atoms. The van der Waals surface area contributed by atoms with Gasteiger partial charge in [-0.15, -0.1) is 0 Å². The van der Waals surface area contributed by atoms with Crippen molar-refractivity contribution in [2.45, 2.75) is 32.9 Å². The van der Waals surface area contributed by atoms with Crippen molar-refractivity contribution in [3.63, 3.8) is 0 Å². The van der Waals surface area contributed by atoms with E-state index in [0.717, 1.165) is 13.0 Å². The summed E-state index contributed by atoms with van der Waals surface area (Å²) in [5, 5.41) is 10.3. The summed E-state index contributed by atoms with van der Waals surface area (Å²) in [5.74, 6) is 0.250. The van der Waals surface area contributed by atoms with Gasteiger partial charge in [0.25, 0.3) is 0 Å². The molecule has 0 aliphatic carbocycles. The molecule has 18 heavy (non-hydrogen) atoms. The zero-order valence-corrected chi connectivity index (χ0v) is 10.6. The highest BCUT2D eigenvalue weighted by Gasteiger charge is 2.16. The van der Waals surface area contributed by atoms with Crippen molar-refractivity contribution in [2.24, 2.45) is 0 Å². The fourth-order valence-electron chi connectivity index (χ4n) is 1.93. The zero-order chi connectivity index (χ0) is 13.1. The minimum atomic E-state index is -0.887. The zero-order valence-electron chi connectivity index (χ0n) is 10.6. The Morgan fingerprint density at radius 2 is 2.22 bits per heavy atom. The maximum atomic E-state index is 13.5. The molecule has 0 aliphatic heterocycles. The first-order valence-electron chi connectivity index (χ1n) is 6.08. The second kappa shape index (κ2) is 5.31. The van der Waals surface area contributed by atoms with Crippen LogP contribution in [0.4, 0.5) is 4.39 Å². The monoisotopic (exact) mass is 248 g/mol. The van der Waals surface area contributed by atoms with Crippen LogP contribution < -0.4 is 0 Å². The Morgan fingerprint density at radius 3 is 2.89 bits per heavy atom. The molecule has 96 valence electrons. The molecule has 1 atom stereocenters. The van der Waals surface area contributed by atoms with Crippen molar-refractivity contribution in [3.8, 4) is 0 Å². The van der Waals surface area contributed by atoms with Gasteiger partial charge >= 0.3 is 0 Å². The summed E-state index contributed by atoms with van der Waals surface area (Å²) in [5.41, 5.74) is 1.10. The van der Waals surface area contributed by atoms with E-state index in [9.17, 15) is 9.50 Å². The Kier molecular flexibility index (Phi) is 3.77. The molecule has 0 bridgehead atoms. The molecule has 2 aromatic rings. The summed E-state index contributed by atoms with van der Waals surface area (Å²) < 4.78 is 15.4. The first kappa shape index (κ1) is 12.8. The fraction of sp³-hybridized carbons (Fsp3) is 0.357. The van der Waals surface area contributed by atoms with Crippen LogP contribution in [-0.2, 0) is 6.54 Å². The van der Waals surface area contributed by atoms with E-state index in [2.05, 4.69) is 11.9 Å². The molecule has 1 aromatic heterocycles. The number of nitrogens with zero attached hydrogens (tertiary/aromatic N) is 2. The van der Waals surface area contributed by atoms with Crippen LogP contribution in [-0.4, -0.2) is 14.7 Å². The van der Waals surface area contributed by atoms with Crippen LogP contribution in [0.5, 0.6) is 0 Å². The van der Waals surface area contributed by atoms with E-state index in [4.69, 9.17) is 0 Å². The van der Waals surface area contributed by atoms with E-state index in [1.807, 2.05) is 10.8 Å². The second-order valence-corrected chi connectivity index (χ2v) is 4.39. The molecule has 3 nitrogen and oxygen atoms in total. The number of rotatable bonds is 4. The van der Waals surface area contributed by atoms with Gasteiger partial charge in [-0.3, -0.25) is 0 Å². The third-order valence-corrected chi connectivity index (χ3v) is 2.97. The third-order valence-electron chi connectivity index (χ3n) is 2.97. The van der Waals surface area contributed by atoms with Crippen LogP contribution in [0, 0.1) is 12.7 Å². The highest BCUT2D eigenvalue weighted by Crippen LogP contribution is 2.22. The van der Waals surface area contributed by atoms with Gasteiger partial charge in [-0.1, -0.05) is 19.1 Å². The Bertz CT molecular complexity index is 536. The molecule has 1 heterocycles. The summed E-state index contributed by atoms with van der Waals surface area (Å²) in [7, 11) is 0. The summed E-state index contributed by atoms with van der Waals surface area (Å²) >= 11 is 0. The number of benzene rings is 1. The Balaban J connectivity index is 2.32. The van der Waals surface area contributed by atoms with Crippen molar-refractivity contribution >= 4 is 0 Å². The number of aliphatic hydroxyl groups excluding tert-OH is 1. The number of halogens is 1. The Labute approximate surface area is 106 Å². The molecule has 1 aromatic carbocycles. The van der Waals surface area contributed by atoms with Crippen LogP contribution in [0.25, 0.3) is 0 Å². The predicted molar refractivity (Wildman–Crippen MR) is 67.7 cm³/mol. The average Bonchev–Trinajstić information content (AvgIpc) is 2.80. The smallest absolute Gasteiger partial charge is 0.142 e. The number of imidazole rings is 1. The predicted octanol–water partition coefficient (Wildman–Crippen LogP) is 2.82. The number of aromatic nitrogens is 2. The summed E-state index contributed by atoms with van der Waals surface area (Å²) in [6.07, 6.45) is 3.55. The van der Waals surface area contributed by atoms with Gasteiger partial charge in [-0.25, -0.2) is 9.37 Å². The van der Waals surface area contributed by atoms with Crippen molar-refractivity contribution in [2.75, 3.05) is 0 Å². The lowest BCUT2D eigenvalue weighted by Crippen LogP contribution is -2.10. The van der Waals surface area contributed by atoms with Crippen LogP contribution in [0.1, 0.15) is 36.4 Å². The lowest BCUT2D eigenvalue weighted by molar-refractivity contribution is 0.204. The van der Waals surface area contributed by atoms with Crippen LogP contribution in [0.15, 0.2) is 30.6 Å². The number of hydrogen-bond acceptors (Lipinski definition) is 2. The van der Waals surface area contributed by atoms with Crippen LogP contribution >= 0.6 is 0 Å². The minimum absolute atomic E-state index is 0.305. The number of aryl methyl sites for hydroxylation is 2. The maximum Gasteiger partial charge on any atom is 0.142 e. The normalized spacial score (nSPS) is 12.7. The lowest BCUT2D eigenvalue weighted by atomic mass is 10.1. The number of aliphatic hydroxyl groups is 1. The second-order valence-electron chi connectivity index (χ2n) is 4.39. The van der Waals surface area contributed by atoms with Gasteiger partial charge in [0, 0.05) is 18.9 Å². The molecule has 4 heteroatoms. The Morgan fingerprint density at radius 1 is 1.44 bits per heavy atom. The summed E-state index contributed by atoms with van der Waals surface area (Å²) in [6, 6.07) is 4.76. The van der Waals surface area contributed by atoms with E-state index < -0.39 is 6.10 Å². The van der Waals surface area contributed by atoms with Crippen molar-refractivity contribution in [1.29, 1.82) is 0 Å². The molecule has 0 radical (unpaired) electrons. The summed E-state index contributed by atoms with van der Waals surface area (Å²) in [4.78, 5) is 4.15. The molecular formula is C14H17FN2O. The van der Waals surface area contributed by atoms with E-state index >= 15 is 0 Å². The lowest BCUT2D eigenvalue weighted by Gasteiger charge is -2.13. The highest BCUT2D eigenvalue weighted by atomic mass is 19.1. The standard InChI is InChI=1S/C14H17FN2O/c1-3-7-17-8-6-16-14(17)13(18)11-5-4-10(2)12(15)9-11/h4-6,8-9,13,18H,3,7H2,1-2H3. The maximum absolute atomic E-state index is 13.5. The van der Waals surface area contributed by atoms with Crippen molar-refractivity contribution in [3.05, 3.63) is 53.4 Å². The van der Waals surface area contributed by atoms with E-state index in [1.165, 1.54) is 6.07 Å². The van der Waals surface area contributed by atoms with Gasteiger partial charge in [0.2, 0.25) is 0 Å². The van der Waals surface area contributed by atoms with Crippen molar-refractivity contribution in [1.82, 2.24) is 9.55 Å². The van der Waals surface area contributed by atoms with Gasteiger partial charge in [-0.05, 0) is 30.5 Å². The molecule has 0 fully saturated rings. The van der Waals surface area contributed by atoms with E-state index in [1.54, 1.807) is 25.3 Å². The molecule has 1 unspecified atom stereocenters. The SMILES string of the molecule is CCCn1ccnc1C(O)c1ccc(C)c(F)c1. The fourth-order valence-corrected chi connectivity index (χ4v) is 1.93. The minimum Gasteiger partial charge on any atom is -0.380 e. The van der Waals surface area contributed by atoms with Crippen LogP contribution in [0.3, 0.4) is 0 Å². The van der Waals surface area contributed by atoms with E-state index in [-0.39, 0.29) is 5.82 Å². The van der Waals surface area contributed by atoms with Gasteiger partial charge in [0.05, 0.1) is 0 Å². The third kappa shape index (κ3) is 2.43. The summed E-state index contributed by atoms with van der Waals surface area (Å²) in [6.45, 7) is 4.55. The van der Waals surface area contributed by atoms with Crippen molar-refractivity contribution < 1.29 is 9.50 Å². The topological polar surface area (TPSA) is 38.0 Å². The first-order valence-corrected chi connectivity index (χ1v) is 6.08. The quantitative estimate of drug-likeness (QED) is 0.903. The molecule has 0 saturated heterocycles. The largest absolute Gasteiger partial charge is 0.380 e. The number of hydrogen-bond donors (Lipinski definition) is 1. The van der Waals surface area contributed by atoms with Gasteiger partial charge < -0.3 is 9.67 Å². The molecule has 2 rings (SSSR count). The Hall–Kier alpha value is -1.68.